The summed E-state index contributed by atoms with van der Waals surface area (Å²) >= 11 is 14.2. The van der Waals surface area contributed by atoms with E-state index < -0.39 is 5.97 Å². The van der Waals surface area contributed by atoms with E-state index in [4.69, 9.17) is 16.7 Å². The summed E-state index contributed by atoms with van der Waals surface area (Å²) in [6.45, 7) is 0. The molecule has 4 rings (SSSR count). The first-order valence-electron chi connectivity index (χ1n) is 10.00. The van der Waals surface area contributed by atoms with Crippen molar-refractivity contribution in [3.05, 3.63) is 51.3 Å². The molecule has 1 aliphatic carbocycles. The maximum absolute atomic E-state index is 12.5. The molecule has 8 nitrogen and oxygen atoms in total. The number of amides is 1. The molecule has 168 valence electrons. The van der Waals surface area contributed by atoms with Gasteiger partial charge in [-0.05, 0) is 46.5 Å². The summed E-state index contributed by atoms with van der Waals surface area (Å²) in [7, 11) is 1.79. The molecule has 1 amide bonds. The lowest BCUT2D eigenvalue weighted by atomic mass is 10.1. The van der Waals surface area contributed by atoms with Crippen LogP contribution in [0.4, 0.5) is 0 Å². The van der Waals surface area contributed by atoms with Gasteiger partial charge in [0.15, 0.2) is 5.82 Å². The topological polar surface area (TPSA) is 102 Å². The molecule has 1 unspecified atom stereocenters. The molecule has 1 aromatic carbocycles. The van der Waals surface area contributed by atoms with Crippen molar-refractivity contribution in [2.75, 3.05) is 0 Å². The first-order valence-corrected chi connectivity index (χ1v) is 11.7. The fraction of sp³-hybridized carbons (Fsp3) is 0.333. The molecule has 0 saturated heterocycles. The van der Waals surface area contributed by atoms with E-state index in [-0.39, 0.29) is 23.6 Å². The molecule has 3 aromatic rings. The summed E-state index contributed by atoms with van der Waals surface area (Å²) in [5.74, 6) is -0.377. The second-order valence-electron chi connectivity index (χ2n) is 7.78. The van der Waals surface area contributed by atoms with Crippen LogP contribution in [0.15, 0.2) is 35.1 Å². The van der Waals surface area contributed by atoms with Crippen LogP contribution in [0.1, 0.15) is 35.3 Å². The van der Waals surface area contributed by atoms with Gasteiger partial charge >= 0.3 is 5.97 Å². The number of rotatable bonds is 8. The Morgan fingerprint density at radius 1 is 1.38 bits per heavy atom. The van der Waals surface area contributed by atoms with Crippen LogP contribution >= 0.6 is 40.2 Å². The number of hydrogen-bond acceptors (Lipinski definition) is 5. The normalized spacial score (nSPS) is 14.4. The summed E-state index contributed by atoms with van der Waals surface area (Å²) in [6, 6.07) is 5.57. The number of nitrogens with one attached hydrogen (secondary N) is 1. The minimum Gasteiger partial charge on any atom is -0.481 e. The number of thiol groups is 1. The minimum absolute atomic E-state index is 0.0550. The molecule has 0 spiro atoms. The van der Waals surface area contributed by atoms with Crippen LogP contribution in [0.2, 0.25) is 5.02 Å². The molecule has 1 saturated carbocycles. The molecule has 32 heavy (non-hydrogen) atoms. The van der Waals surface area contributed by atoms with Gasteiger partial charge in [-0.2, -0.15) is 22.8 Å². The van der Waals surface area contributed by atoms with E-state index in [1.54, 1.807) is 34.7 Å². The lowest BCUT2D eigenvalue weighted by Gasteiger charge is -2.07. The standard InChI is InChI=1S/C21H21BrClN5O3S/c1-27-21(19(22)17(26-27)7-14(32)8-18(29)30)28-10-12(9-24-28)11-2-5-16(23)15(6-11)20(31)25-13-3-4-13/h2,5-6,9-10,13-14,32H,3-4,7-8H2,1H3,(H,25,31)(H,29,30). The van der Waals surface area contributed by atoms with Crippen LogP contribution in [-0.2, 0) is 18.3 Å². The highest BCUT2D eigenvalue weighted by atomic mass is 79.9. The molecule has 2 aromatic heterocycles. The zero-order valence-electron chi connectivity index (χ0n) is 17.1. The van der Waals surface area contributed by atoms with Crippen molar-refractivity contribution in [1.29, 1.82) is 0 Å². The van der Waals surface area contributed by atoms with Crippen molar-refractivity contribution >= 4 is 52.0 Å². The Kier molecular flexibility index (Phi) is 6.64. The highest BCUT2D eigenvalue weighted by molar-refractivity contribution is 9.10. The number of nitrogens with zero attached hydrogens (tertiary/aromatic N) is 4. The molecule has 1 atom stereocenters. The Hall–Kier alpha value is -2.30. The number of halogens is 2. The molecule has 2 heterocycles. The highest BCUT2D eigenvalue weighted by Gasteiger charge is 2.25. The van der Waals surface area contributed by atoms with Gasteiger partial charge in [0.05, 0.1) is 33.4 Å². The molecule has 11 heteroatoms. The Balaban J connectivity index is 1.59. The van der Waals surface area contributed by atoms with E-state index in [1.807, 2.05) is 12.3 Å². The third-order valence-electron chi connectivity index (χ3n) is 5.12. The SMILES string of the molecule is Cn1nc(CC(S)CC(=O)O)c(Br)c1-n1cc(-c2ccc(Cl)c(C(=O)NC3CC3)c2)cn1. The molecule has 2 N–H and O–H groups in total. The molecule has 0 aliphatic heterocycles. The fourth-order valence-corrected chi connectivity index (χ4v) is 4.59. The second kappa shape index (κ2) is 9.29. The summed E-state index contributed by atoms with van der Waals surface area (Å²) in [5.41, 5.74) is 2.77. The number of aromatic nitrogens is 4. The van der Waals surface area contributed by atoms with Crippen molar-refractivity contribution in [3.8, 4) is 16.9 Å². The van der Waals surface area contributed by atoms with Crippen LogP contribution < -0.4 is 5.32 Å². The summed E-state index contributed by atoms with van der Waals surface area (Å²) < 4.78 is 4.08. The van der Waals surface area contributed by atoms with Crippen molar-refractivity contribution in [2.45, 2.75) is 37.0 Å². The number of carbonyl (C=O) groups excluding carboxylic acids is 1. The van der Waals surface area contributed by atoms with Crippen molar-refractivity contribution in [3.63, 3.8) is 0 Å². The lowest BCUT2D eigenvalue weighted by Crippen LogP contribution is -2.25. The van der Waals surface area contributed by atoms with Gasteiger partial charge in [0.1, 0.15) is 0 Å². The maximum Gasteiger partial charge on any atom is 0.304 e. The number of aliphatic carboxylic acids is 1. The van der Waals surface area contributed by atoms with E-state index in [0.717, 1.165) is 28.4 Å². The van der Waals surface area contributed by atoms with Gasteiger partial charge in [-0.3, -0.25) is 9.59 Å². The monoisotopic (exact) mass is 537 g/mol. The molecule has 0 bridgehead atoms. The third-order valence-corrected chi connectivity index (χ3v) is 6.63. The summed E-state index contributed by atoms with van der Waals surface area (Å²) in [4.78, 5) is 23.4. The van der Waals surface area contributed by atoms with Crippen LogP contribution in [0.5, 0.6) is 0 Å². The van der Waals surface area contributed by atoms with Crippen LogP contribution in [0.3, 0.4) is 0 Å². The first-order chi connectivity index (χ1) is 15.2. The van der Waals surface area contributed by atoms with E-state index in [9.17, 15) is 9.59 Å². The highest BCUT2D eigenvalue weighted by Crippen LogP contribution is 2.30. The minimum atomic E-state index is -0.901. The average Bonchev–Trinajstić information content (AvgIpc) is 3.32. The van der Waals surface area contributed by atoms with Crippen molar-refractivity contribution in [1.82, 2.24) is 24.9 Å². The summed E-state index contributed by atoms with van der Waals surface area (Å²) in [5, 5.41) is 20.9. The van der Waals surface area contributed by atoms with E-state index in [1.165, 1.54) is 0 Å². The molecule has 1 fully saturated rings. The number of benzene rings is 1. The number of hydrogen-bond donors (Lipinski definition) is 3. The smallest absolute Gasteiger partial charge is 0.304 e. The molecular weight excluding hydrogens is 518 g/mol. The largest absolute Gasteiger partial charge is 0.481 e. The van der Waals surface area contributed by atoms with Gasteiger partial charge in [-0.1, -0.05) is 17.7 Å². The molecule has 0 radical (unpaired) electrons. The van der Waals surface area contributed by atoms with Crippen molar-refractivity contribution < 1.29 is 14.7 Å². The first kappa shape index (κ1) is 22.9. The van der Waals surface area contributed by atoms with Crippen LogP contribution in [0, 0.1) is 0 Å². The van der Waals surface area contributed by atoms with E-state index in [0.29, 0.717) is 28.5 Å². The average molecular weight is 539 g/mol. The number of aryl methyl sites for hydroxylation is 1. The lowest BCUT2D eigenvalue weighted by molar-refractivity contribution is -0.136. The third kappa shape index (κ3) is 5.02. The molecule has 1 aliphatic rings. The Morgan fingerprint density at radius 3 is 2.81 bits per heavy atom. The van der Waals surface area contributed by atoms with Crippen molar-refractivity contribution in [2.24, 2.45) is 7.05 Å². The van der Waals surface area contributed by atoms with Crippen LogP contribution in [-0.4, -0.2) is 47.8 Å². The van der Waals surface area contributed by atoms with Gasteiger partial charge in [0.25, 0.3) is 5.91 Å². The summed E-state index contributed by atoms with van der Waals surface area (Å²) in [6.07, 6.45) is 5.89. The van der Waals surface area contributed by atoms with Gasteiger partial charge < -0.3 is 10.4 Å². The number of carboxylic acids is 1. The zero-order chi connectivity index (χ0) is 23.0. The van der Waals surface area contributed by atoms with Gasteiger partial charge in [0.2, 0.25) is 0 Å². The van der Waals surface area contributed by atoms with E-state index in [2.05, 4.69) is 44.1 Å². The Labute approximate surface area is 203 Å². The Morgan fingerprint density at radius 2 is 2.12 bits per heavy atom. The Bertz CT molecular complexity index is 1190. The van der Waals surface area contributed by atoms with E-state index >= 15 is 0 Å². The number of carboxylic acid groups (broad SMARTS) is 1. The predicted octanol–water partition coefficient (Wildman–Crippen LogP) is 3.90. The number of carbonyl (C=O) groups is 2. The second-order valence-corrected chi connectivity index (χ2v) is 9.71. The fourth-order valence-electron chi connectivity index (χ4n) is 3.38. The van der Waals surface area contributed by atoms with Gasteiger partial charge in [-0.25, -0.2) is 9.36 Å². The maximum atomic E-state index is 12.5. The predicted molar refractivity (Wildman–Crippen MR) is 128 cm³/mol. The molecular formula is C21H21BrClN5O3S. The van der Waals surface area contributed by atoms with Crippen LogP contribution in [0.25, 0.3) is 16.9 Å². The van der Waals surface area contributed by atoms with Gasteiger partial charge in [-0.15, -0.1) is 0 Å². The van der Waals surface area contributed by atoms with Gasteiger partial charge in [0, 0.05) is 36.5 Å². The quantitative estimate of drug-likeness (QED) is 0.378. The zero-order valence-corrected chi connectivity index (χ0v) is 20.4.